The van der Waals surface area contributed by atoms with Crippen molar-refractivity contribution >= 4 is 11.8 Å². The molecule has 0 aromatic carbocycles. The number of carbonyl (C=O) groups excluding carboxylic acids is 2. The van der Waals surface area contributed by atoms with E-state index in [0.717, 1.165) is 25.7 Å². The molecule has 174 valence electrons. The molecule has 0 saturated heterocycles. The normalized spacial score (nSPS) is 24.1. The molecule has 0 bridgehead atoms. The van der Waals surface area contributed by atoms with Gasteiger partial charge in [0.15, 0.2) is 0 Å². The molecule has 1 fully saturated rings. The molecule has 1 aliphatic rings. The second kappa shape index (κ2) is 15.6. The van der Waals surface area contributed by atoms with Gasteiger partial charge in [0.25, 0.3) is 0 Å². The Morgan fingerprint density at radius 2 is 1.63 bits per heavy atom. The van der Waals surface area contributed by atoms with Crippen molar-refractivity contribution < 1.29 is 24.5 Å². The van der Waals surface area contributed by atoms with E-state index in [2.05, 4.69) is 6.92 Å². The van der Waals surface area contributed by atoms with Gasteiger partial charge in [-0.3, -0.25) is 9.59 Å². The molecule has 30 heavy (non-hydrogen) atoms. The van der Waals surface area contributed by atoms with Gasteiger partial charge in [0.05, 0.1) is 18.3 Å². The molecule has 4 atom stereocenters. The molecule has 1 rings (SSSR count). The third-order valence-corrected chi connectivity index (χ3v) is 6.03. The first kappa shape index (κ1) is 26.8. The highest BCUT2D eigenvalue weighted by Crippen LogP contribution is 2.38. The van der Waals surface area contributed by atoms with Gasteiger partial charge in [-0.15, -0.1) is 0 Å². The maximum absolute atomic E-state index is 12.2. The molecule has 5 heteroatoms. The summed E-state index contributed by atoms with van der Waals surface area (Å²) in [6, 6.07) is 0. The van der Waals surface area contributed by atoms with Gasteiger partial charge < -0.3 is 14.9 Å². The highest BCUT2D eigenvalue weighted by molar-refractivity contribution is 5.78. The first-order chi connectivity index (χ1) is 14.3. The van der Waals surface area contributed by atoms with E-state index in [-0.39, 0.29) is 29.7 Å². The Kier molecular flexibility index (Phi) is 13.9. The minimum atomic E-state index is -0.526. The predicted octanol–water partition coefficient (Wildman–Crippen LogP) is 5.12. The van der Waals surface area contributed by atoms with Crippen molar-refractivity contribution in [1.82, 2.24) is 0 Å². The van der Waals surface area contributed by atoms with Crippen molar-refractivity contribution in [2.45, 2.75) is 123 Å². The number of rotatable bonds is 16. The van der Waals surface area contributed by atoms with Gasteiger partial charge >= 0.3 is 5.97 Å². The number of Topliss-reactive ketones (excluding diaryl/α,β-unsaturated/α-hetero) is 1. The third kappa shape index (κ3) is 11.3. The molecule has 5 nitrogen and oxygen atoms in total. The summed E-state index contributed by atoms with van der Waals surface area (Å²) in [6.07, 6.45) is 13.5. The fourth-order valence-corrected chi connectivity index (χ4v) is 4.34. The van der Waals surface area contributed by atoms with Crippen LogP contribution in [0.1, 0.15) is 104 Å². The van der Waals surface area contributed by atoms with Crippen molar-refractivity contribution in [2.75, 3.05) is 0 Å². The lowest BCUT2D eigenvalue weighted by molar-refractivity contribution is -0.147. The second-order valence-electron chi connectivity index (χ2n) is 9.08. The van der Waals surface area contributed by atoms with E-state index in [9.17, 15) is 19.8 Å². The fourth-order valence-electron chi connectivity index (χ4n) is 4.34. The molecule has 0 radical (unpaired) electrons. The topological polar surface area (TPSA) is 83.8 Å². The molecule has 0 unspecified atom stereocenters. The number of allylic oxidation sites excluding steroid dienone is 2. The van der Waals surface area contributed by atoms with E-state index < -0.39 is 12.2 Å². The summed E-state index contributed by atoms with van der Waals surface area (Å²) in [5.41, 5.74) is 0. The van der Waals surface area contributed by atoms with E-state index in [1.54, 1.807) is 0 Å². The van der Waals surface area contributed by atoms with E-state index >= 15 is 0 Å². The maximum atomic E-state index is 12.2. The minimum Gasteiger partial charge on any atom is -0.463 e. The largest absolute Gasteiger partial charge is 0.463 e. The van der Waals surface area contributed by atoms with Gasteiger partial charge in [-0.1, -0.05) is 44.8 Å². The Hall–Kier alpha value is -1.20. The van der Waals surface area contributed by atoms with Crippen molar-refractivity contribution in [3.8, 4) is 0 Å². The van der Waals surface area contributed by atoms with Gasteiger partial charge in [0.2, 0.25) is 0 Å². The van der Waals surface area contributed by atoms with Crippen LogP contribution in [-0.2, 0) is 14.3 Å². The molecule has 0 aromatic rings. The number of ether oxygens (including phenoxy) is 1. The van der Waals surface area contributed by atoms with Gasteiger partial charge in [-0.05, 0) is 64.2 Å². The van der Waals surface area contributed by atoms with Gasteiger partial charge in [0, 0.05) is 19.3 Å². The molecule has 2 N–H and O–H groups in total. The number of aliphatic hydroxyl groups is 2. The summed E-state index contributed by atoms with van der Waals surface area (Å²) in [7, 11) is 0. The Bertz CT molecular complexity index is 514. The predicted molar refractivity (Wildman–Crippen MR) is 120 cm³/mol. The number of esters is 1. The fraction of sp³-hybridized carbons (Fsp3) is 0.840. The standard InChI is InChI=1S/C25H44O5/c1-4-5-6-7-10-13-20(26)16-17-22-21(23(27)18-24(22)28)14-11-8-9-12-15-25(29)30-19(2)3/h8,11,19,21-24,27-28H,4-7,9-10,12-18H2,1-3H3/t21-,22+,23-,24+/m0/s1. The van der Waals surface area contributed by atoms with Crippen molar-refractivity contribution in [3.63, 3.8) is 0 Å². The monoisotopic (exact) mass is 424 g/mol. The third-order valence-electron chi connectivity index (χ3n) is 6.03. The van der Waals surface area contributed by atoms with Gasteiger partial charge in [-0.2, -0.15) is 0 Å². The first-order valence-electron chi connectivity index (χ1n) is 12.1. The lowest BCUT2D eigenvalue weighted by Gasteiger charge is -2.22. The van der Waals surface area contributed by atoms with E-state index in [1.807, 2.05) is 26.0 Å². The Balaban J connectivity index is 2.30. The zero-order valence-electron chi connectivity index (χ0n) is 19.4. The summed E-state index contributed by atoms with van der Waals surface area (Å²) in [4.78, 5) is 23.7. The summed E-state index contributed by atoms with van der Waals surface area (Å²) < 4.78 is 5.11. The van der Waals surface area contributed by atoms with Crippen molar-refractivity contribution in [2.24, 2.45) is 11.8 Å². The van der Waals surface area contributed by atoms with E-state index in [4.69, 9.17) is 4.74 Å². The number of aliphatic hydroxyl groups excluding tert-OH is 2. The van der Waals surface area contributed by atoms with Crippen LogP contribution >= 0.6 is 0 Å². The van der Waals surface area contributed by atoms with Crippen LogP contribution in [0.5, 0.6) is 0 Å². The molecule has 0 aliphatic heterocycles. The zero-order valence-corrected chi connectivity index (χ0v) is 19.4. The van der Waals surface area contributed by atoms with Crippen molar-refractivity contribution in [3.05, 3.63) is 12.2 Å². The Morgan fingerprint density at radius 3 is 2.33 bits per heavy atom. The Morgan fingerprint density at radius 1 is 0.933 bits per heavy atom. The molecule has 0 aromatic heterocycles. The van der Waals surface area contributed by atoms with Crippen LogP contribution in [0.2, 0.25) is 0 Å². The van der Waals surface area contributed by atoms with Crippen LogP contribution < -0.4 is 0 Å². The van der Waals surface area contributed by atoms with E-state index in [0.29, 0.717) is 38.5 Å². The number of hydrogen-bond donors (Lipinski definition) is 2. The van der Waals surface area contributed by atoms with Crippen LogP contribution in [0, 0.1) is 11.8 Å². The van der Waals surface area contributed by atoms with Crippen LogP contribution in [0.3, 0.4) is 0 Å². The van der Waals surface area contributed by atoms with Gasteiger partial charge in [0.1, 0.15) is 5.78 Å². The lowest BCUT2D eigenvalue weighted by atomic mass is 9.86. The maximum Gasteiger partial charge on any atom is 0.306 e. The van der Waals surface area contributed by atoms with Crippen LogP contribution in [0.15, 0.2) is 12.2 Å². The molecule has 0 amide bonds. The number of carbonyl (C=O) groups is 2. The van der Waals surface area contributed by atoms with Crippen LogP contribution in [-0.4, -0.2) is 40.3 Å². The SMILES string of the molecule is CCCCCCCC(=O)CC[C@@H]1[C@H](CC=CCCCC(=O)OC(C)C)[C@@H](O)C[C@H]1O. The summed E-state index contributed by atoms with van der Waals surface area (Å²) >= 11 is 0. The second-order valence-corrected chi connectivity index (χ2v) is 9.08. The Labute approximate surface area is 183 Å². The number of ketones is 1. The lowest BCUT2D eigenvalue weighted by Crippen LogP contribution is -2.22. The number of unbranched alkanes of at least 4 members (excludes halogenated alkanes) is 5. The first-order valence-corrected chi connectivity index (χ1v) is 12.1. The average Bonchev–Trinajstić information content (AvgIpc) is 2.94. The molecular weight excluding hydrogens is 380 g/mol. The zero-order chi connectivity index (χ0) is 22.4. The number of hydrogen-bond acceptors (Lipinski definition) is 5. The molecular formula is C25H44O5. The quantitative estimate of drug-likeness (QED) is 0.204. The smallest absolute Gasteiger partial charge is 0.306 e. The molecule has 1 aliphatic carbocycles. The highest BCUT2D eigenvalue weighted by Gasteiger charge is 2.40. The molecule has 1 saturated carbocycles. The summed E-state index contributed by atoms with van der Waals surface area (Å²) in [5.74, 6) is 0.0970. The van der Waals surface area contributed by atoms with Crippen molar-refractivity contribution in [1.29, 1.82) is 0 Å². The average molecular weight is 425 g/mol. The van der Waals surface area contributed by atoms with Crippen LogP contribution in [0.4, 0.5) is 0 Å². The highest BCUT2D eigenvalue weighted by atomic mass is 16.5. The summed E-state index contributed by atoms with van der Waals surface area (Å²) in [6.45, 7) is 5.87. The molecule has 0 heterocycles. The van der Waals surface area contributed by atoms with Crippen LogP contribution in [0.25, 0.3) is 0 Å². The van der Waals surface area contributed by atoms with Gasteiger partial charge in [-0.25, -0.2) is 0 Å². The summed E-state index contributed by atoms with van der Waals surface area (Å²) in [5, 5.41) is 20.7. The minimum absolute atomic E-state index is 0.000453. The molecule has 0 spiro atoms. The van der Waals surface area contributed by atoms with E-state index in [1.165, 1.54) is 19.3 Å².